The molecule has 1 aromatic carbocycles. The fraction of sp³-hybridized carbons (Fsp3) is 0.417. The number of carbonyl (C=O) groups excluding carboxylic acids is 1. The molecule has 0 heterocycles. The number of anilines is 1. The van der Waals surface area contributed by atoms with Crippen molar-refractivity contribution in [2.75, 3.05) is 5.32 Å². The Morgan fingerprint density at radius 1 is 1.11 bits per heavy atom. The first-order chi connectivity index (χ1) is 8.56. The van der Waals surface area contributed by atoms with Gasteiger partial charge in [-0.15, -0.1) is 0 Å². The molecule has 1 fully saturated rings. The molecule has 18 heavy (non-hydrogen) atoms. The molecule has 1 N–H and O–H groups in total. The standard InChI is InChI=1S/C12H12F3NO2/c13-8-5-10(15)11(6-9(8)14)16-12(17)18-7-3-1-2-4-7/h5-7H,1-4H2,(H,16,17). The minimum Gasteiger partial charge on any atom is -0.446 e. The van der Waals surface area contributed by atoms with Crippen LogP contribution in [-0.4, -0.2) is 12.2 Å². The minimum atomic E-state index is -1.30. The number of amides is 1. The Hall–Kier alpha value is -1.72. The summed E-state index contributed by atoms with van der Waals surface area (Å²) in [5.74, 6) is -3.58. The highest BCUT2D eigenvalue weighted by Gasteiger charge is 2.20. The van der Waals surface area contributed by atoms with E-state index in [1.165, 1.54) is 0 Å². The molecule has 1 amide bonds. The van der Waals surface area contributed by atoms with Gasteiger partial charge >= 0.3 is 6.09 Å². The quantitative estimate of drug-likeness (QED) is 0.824. The number of ether oxygens (including phenoxy) is 1. The molecule has 1 aliphatic carbocycles. The van der Waals surface area contributed by atoms with Crippen molar-refractivity contribution in [1.82, 2.24) is 0 Å². The van der Waals surface area contributed by atoms with Crippen LogP contribution < -0.4 is 5.32 Å². The van der Waals surface area contributed by atoms with Gasteiger partial charge in [0.2, 0.25) is 0 Å². The highest BCUT2D eigenvalue weighted by atomic mass is 19.2. The molecule has 0 saturated heterocycles. The van der Waals surface area contributed by atoms with E-state index in [4.69, 9.17) is 4.74 Å². The van der Waals surface area contributed by atoms with Crippen LogP contribution in [0.5, 0.6) is 0 Å². The molecule has 2 rings (SSSR count). The van der Waals surface area contributed by atoms with Crippen LogP contribution >= 0.6 is 0 Å². The monoisotopic (exact) mass is 259 g/mol. The number of benzene rings is 1. The lowest BCUT2D eigenvalue weighted by Gasteiger charge is -2.12. The Morgan fingerprint density at radius 2 is 1.72 bits per heavy atom. The summed E-state index contributed by atoms with van der Waals surface area (Å²) < 4.78 is 43.8. The van der Waals surface area contributed by atoms with Gasteiger partial charge in [0.25, 0.3) is 0 Å². The topological polar surface area (TPSA) is 38.3 Å². The maximum atomic E-state index is 13.2. The second-order valence-corrected chi connectivity index (χ2v) is 4.18. The number of hydrogen-bond acceptors (Lipinski definition) is 2. The molecule has 0 aliphatic heterocycles. The summed E-state index contributed by atoms with van der Waals surface area (Å²) in [5, 5.41) is 2.06. The maximum absolute atomic E-state index is 13.2. The molecule has 0 spiro atoms. The lowest BCUT2D eigenvalue weighted by Crippen LogP contribution is -2.20. The summed E-state index contributed by atoms with van der Waals surface area (Å²) in [6.07, 6.45) is 2.47. The average molecular weight is 259 g/mol. The predicted molar refractivity (Wildman–Crippen MR) is 58.7 cm³/mol. The molecule has 1 aliphatic rings. The zero-order valence-corrected chi connectivity index (χ0v) is 9.51. The number of rotatable bonds is 2. The molecule has 0 aromatic heterocycles. The van der Waals surface area contributed by atoms with E-state index in [9.17, 15) is 18.0 Å². The van der Waals surface area contributed by atoms with Gasteiger partial charge in [-0.2, -0.15) is 0 Å². The third-order valence-electron chi connectivity index (χ3n) is 2.82. The van der Waals surface area contributed by atoms with Crippen LogP contribution in [0.25, 0.3) is 0 Å². The van der Waals surface area contributed by atoms with Gasteiger partial charge in [0, 0.05) is 12.1 Å². The summed E-state index contributed by atoms with van der Waals surface area (Å²) in [6, 6.07) is 0.959. The Labute approximate surface area is 102 Å². The summed E-state index contributed by atoms with van der Waals surface area (Å²) in [5.41, 5.74) is -0.433. The molecule has 3 nitrogen and oxygen atoms in total. The SMILES string of the molecule is O=C(Nc1cc(F)c(F)cc1F)OC1CCCC1. The summed E-state index contributed by atoms with van der Waals surface area (Å²) in [6.45, 7) is 0. The largest absolute Gasteiger partial charge is 0.446 e. The first-order valence-corrected chi connectivity index (χ1v) is 5.68. The van der Waals surface area contributed by atoms with Crippen LogP contribution in [0.4, 0.5) is 23.7 Å². The maximum Gasteiger partial charge on any atom is 0.411 e. The molecule has 6 heteroatoms. The predicted octanol–water partition coefficient (Wildman–Crippen LogP) is 3.60. The smallest absolute Gasteiger partial charge is 0.411 e. The number of halogens is 3. The zero-order chi connectivity index (χ0) is 13.1. The lowest BCUT2D eigenvalue weighted by molar-refractivity contribution is 0.114. The molecule has 0 radical (unpaired) electrons. The van der Waals surface area contributed by atoms with Crippen LogP contribution in [0.15, 0.2) is 12.1 Å². The van der Waals surface area contributed by atoms with E-state index in [-0.39, 0.29) is 6.10 Å². The van der Waals surface area contributed by atoms with E-state index in [1.807, 2.05) is 0 Å². The van der Waals surface area contributed by atoms with Crippen molar-refractivity contribution >= 4 is 11.8 Å². The minimum absolute atomic E-state index is 0.182. The van der Waals surface area contributed by atoms with Crippen LogP contribution in [0.2, 0.25) is 0 Å². The first kappa shape index (κ1) is 12.7. The van der Waals surface area contributed by atoms with Crippen LogP contribution in [0.3, 0.4) is 0 Å². The third-order valence-corrected chi connectivity index (χ3v) is 2.82. The van der Waals surface area contributed by atoms with E-state index in [1.54, 1.807) is 0 Å². The summed E-state index contributed by atoms with van der Waals surface area (Å²) in [7, 11) is 0. The average Bonchev–Trinajstić information content (AvgIpc) is 2.78. The first-order valence-electron chi connectivity index (χ1n) is 5.68. The number of carbonyl (C=O) groups is 1. The van der Waals surface area contributed by atoms with Crippen molar-refractivity contribution in [3.05, 3.63) is 29.6 Å². The van der Waals surface area contributed by atoms with Crippen molar-refractivity contribution in [2.24, 2.45) is 0 Å². The Bertz CT molecular complexity index is 459. The molecule has 0 bridgehead atoms. The van der Waals surface area contributed by atoms with Gasteiger partial charge < -0.3 is 4.74 Å². The Balaban J connectivity index is 2.00. The van der Waals surface area contributed by atoms with Crippen molar-refractivity contribution in [3.63, 3.8) is 0 Å². The van der Waals surface area contributed by atoms with Gasteiger partial charge in [-0.25, -0.2) is 18.0 Å². The van der Waals surface area contributed by atoms with E-state index in [0.717, 1.165) is 25.7 Å². The van der Waals surface area contributed by atoms with Crippen LogP contribution in [0, 0.1) is 17.5 Å². The van der Waals surface area contributed by atoms with Gasteiger partial charge in [0.1, 0.15) is 11.9 Å². The third kappa shape index (κ3) is 2.94. The summed E-state index contributed by atoms with van der Waals surface area (Å²) >= 11 is 0. The van der Waals surface area contributed by atoms with Gasteiger partial charge in [0.05, 0.1) is 5.69 Å². The number of nitrogens with one attached hydrogen (secondary N) is 1. The fourth-order valence-corrected chi connectivity index (χ4v) is 1.92. The van der Waals surface area contributed by atoms with Gasteiger partial charge in [0.15, 0.2) is 11.6 Å². The molecule has 98 valence electrons. The fourth-order valence-electron chi connectivity index (χ4n) is 1.92. The van der Waals surface area contributed by atoms with Gasteiger partial charge in [-0.1, -0.05) is 0 Å². The van der Waals surface area contributed by atoms with Crippen LogP contribution in [-0.2, 0) is 4.74 Å². The molecular weight excluding hydrogens is 247 g/mol. The van der Waals surface area contributed by atoms with Crippen molar-refractivity contribution in [1.29, 1.82) is 0 Å². The molecular formula is C12H12F3NO2. The zero-order valence-electron chi connectivity index (χ0n) is 9.51. The van der Waals surface area contributed by atoms with Crippen molar-refractivity contribution in [2.45, 2.75) is 31.8 Å². The van der Waals surface area contributed by atoms with E-state index in [2.05, 4.69) is 5.32 Å². The van der Waals surface area contributed by atoms with Crippen molar-refractivity contribution in [3.8, 4) is 0 Å². The van der Waals surface area contributed by atoms with Gasteiger partial charge in [-0.3, -0.25) is 5.32 Å². The second-order valence-electron chi connectivity index (χ2n) is 4.18. The highest BCUT2D eigenvalue weighted by Crippen LogP contribution is 2.22. The normalized spacial score (nSPS) is 15.7. The second kappa shape index (κ2) is 5.29. The van der Waals surface area contributed by atoms with E-state index in [0.29, 0.717) is 12.1 Å². The lowest BCUT2D eigenvalue weighted by atomic mass is 10.3. The molecule has 0 unspecified atom stereocenters. The van der Waals surface area contributed by atoms with E-state index < -0.39 is 29.2 Å². The highest BCUT2D eigenvalue weighted by molar-refractivity contribution is 5.84. The van der Waals surface area contributed by atoms with Crippen LogP contribution in [0.1, 0.15) is 25.7 Å². The molecule has 0 atom stereocenters. The number of hydrogen-bond donors (Lipinski definition) is 1. The molecule has 1 saturated carbocycles. The Morgan fingerprint density at radius 3 is 2.39 bits per heavy atom. The van der Waals surface area contributed by atoms with Crippen molar-refractivity contribution < 1.29 is 22.7 Å². The Kier molecular flexibility index (Phi) is 3.74. The summed E-state index contributed by atoms with van der Waals surface area (Å²) in [4.78, 5) is 11.4. The van der Waals surface area contributed by atoms with Gasteiger partial charge in [-0.05, 0) is 25.7 Å². The van der Waals surface area contributed by atoms with E-state index >= 15 is 0 Å². The molecule has 1 aromatic rings.